The van der Waals surface area contributed by atoms with Crippen LogP contribution in [0.4, 0.5) is 23.2 Å². The van der Waals surface area contributed by atoms with E-state index in [1.54, 1.807) is 0 Å². The molecule has 0 spiro atoms. The van der Waals surface area contributed by atoms with Crippen molar-refractivity contribution in [1.82, 2.24) is 5.43 Å². The molecule has 0 radical (unpaired) electrons. The number of nitrogens with two attached hydrogens (primary N) is 1. The van der Waals surface area contributed by atoms with Crippen molar-refractivity contribution in [1.29, 1.82) is 0 Å². The molecule has 0 aromatic heterocycles. The maximum atomic E-state index is 13.1. The number of benzene rings is 1. The van der Waals surface area contributed by atoms with E-state index in [4.69, 9.17) is 5.84 Å². The predicted octanol–water partition coefficient (Wildman–Crippen LogP) is 2.00. The van der Waals surface area contributed by atoms with Gasteiger partial charge in [-0.25, -0.2) is 10.2 Å². The molecular weight excluding hydrogens is 246 g/mol. The fraction of sp³-hybridized carbons (Fsp3) is 0.125. The number of halogens is 4. The second kappa shape index (κ2) is 4.62. The third-order valence-electron chi connectivity index (χ3n) is 1.67. The third-order valence-corrected chi connectivity index (χ3v) is 1.89. The fourth-order valence-corrected chi connectivity index (χ4v) is 1.07. The molecule has 0 atom stereocenters. The van der Waals surface area contributed by atoms with Crippen LogP contribution in [0.3, 0.4) is 0 Å². The average Bonchev–Trinajstić information content (AvgIpc) is 2.19. The molecule has 0 aliphatic rings. The molecule has 0 bridgehead atoms. The molecule has 3 nitrogen and oxygen atoms in total. The standard InChI is InChI=1S/C8H7F4N3S/c9-5-2-1-4(8(10,11)12)3-6(5)14-7(16)15-13/h1-3H,13H2,(H2,14,15,16). The number of hydrogen-bond donors (Lipinski definition) is 3. The molecule has 88 valence electrons. The molecule has 0 saturated carbocycles. The van der Waals surface area contributed by atoms with Gasteiger partial charge >= 0.3 is 6.18 Å². The number of hydrogen-bond acceptors (Lipinski definition) is 2. The summed E-state index contributed by atoms with van der Waals surface area (Å²) in [5.41, 5.74) is 0.605. The zero-order chi connectivity index (χ0) is 12.3. The van der Waals surface area contributed by atoms with Crippen molar-refractivity contribution in [2.75, 3.05) is 5.32 Å². The molecule has 4 N–H and O–H groups in total. The lowest BCUT2D eigenvalue weighted by Crippen LogP contribution is -2.34. The van der Waals surface area contributed by atoms with Crippen LogP contribution in [0.15, 0.2) is 18.2 Å². The van der Waals surface area contributed by atoms with Crippen molar-refractivity contribution in [3.05, 3.63) is 29.6 Å². The lowest BCUT2D eigenvalue weighted by molar-refractivity contribution is -0.137. The lowest BCUT2D eigenvalue weighted by atomic mass is 10.2. The summed E-state index contributed by atoms with van der Waals surface area (Å²) in [6, 6.07) is 1.95. The van der Waals surface area contributed by atoms with Crippen molar-refractivity contribution in [3.63, 3.8) is 0 Å². The SMILES string of the molecule is NNC(=S)Nc1cc(C(F)(F)F)ccc1F. The minimum Gasteiger partial charge on any atom is -0.329 e. The molecule has 0 aliphatic carbocycles. The van der Waals surface area contributed by atoms with Gasteiger partial charge in [-0.15, -0.1) is 0 Å². The average molecular weight is 253 g/mol. The van der Waals surface area contributed by atoms with Crippen molar-refractivity contribution < 1.29 is 17.6 Å². The zero-order valence-corrected chi connectivity index (χ0v) is 8.55. The Bertz CT molecular complexity index is 405. The molecule has 0 aliphatic heterocycles. The van der Waals surface area contributed by atoms with Gasteiger partial charge in [0.25, 0.3) is 0 Å². The number of rotatable bonds is 1. The number of nitrogens with one attached hydrogen (secondary N) is 2. The largest absolute Gasteiger partial charge is 0.416 e. The van der Waals surface area contributed by atoms with E-state index in [9.17, 15) is 17.6 Å². The molecule has 0 amide bonds. The van der Waals surface area contributed by atoms with E-state index in [-0.39, 0.29) is 5.11 Å². The van der Waals surface area contributed by atoms with E-state index in [0.29, 0.717) is 18.2 Å². The summed E-state index contributed by atoms with van der Waals surface area (Å²) >= 11 is 4.54. The second-order valence-electron chi connectivity index (χ2n) is 2.79. The lowest BCUT2D eigenvalue weighted by Gasteiger charge is -2.11. The minimum atomic E-state index is -4.54. The Balaban J connectivity index is 3.04. The summed E-state index contributed by atoms with van der Waals surface area (Å²) in [4.78, 5) is 0. The molecule has 0 fully saturated rings. The Kier molecular flexibility index (Phi) is 3.66. The summed E-state index contributed by atoms with van der Waals surface area (Å²) in [6.45, 7) is 0. The first-order chi connectivity index (χ1) is 7.34. The third kappa shape index (κ3) is 3.04. The molecule has 1 aromatic rings. The van der Waals surface area contributed by atoms with Crippen LogP contribution in [0.25, 0.3) is 0 Å². The van der Waals surface area contributed by atoms with Crippen molar-refractivity contribution >= 4 is 23.0 Å². The Morgan fingerprint density at radius 1 is 1.31 bits per heavy atom. The van der Waals surface area contributed by atoms with Gasteiger partial charge in [0, 0.05) is 0 Å². The van der Waals surface area contributed by atoms with Crippen LogP contribution in [-0.2, 0) is 6.18 Å². The number of alkyl halides is 3. The Hall–Kier alpha value is -1.41. The van der Waals surface area contributed by atoms with E-state index in [1.165, 1.54) is 0 Å². The zero-order valence-electron chi connectivity index (χ0n) is 7.73. The first kappa shape index (κ1) is 12.7. The van der Waals surface area contributed by atoms with Gasteiger partial charge in [0.05, 0.1) is 11.3 Å². The molecule has 0 unspecified atom stereocenters. The smallest absolute Gasteiger partial charge is 0.329 e. The van der Waals surface area contributed by atoms with Gasteiger partial charge in [-0.05, 0) is 30.4 Å². The van der Waals surface area contributed by atoms with Crippen LogP contribution >= 0.6 is 12.2 Å². The normalized spacial score (nSPS) is 11.1. The van der Waals surface area contributed by atoms with Crippen molar-refractivity contribution in [3.8, 4) is 0 Å². The van der Waals surface area contributed by atoms with Gasteiger partial charge in [-0.1, -0.05) is 0 Å². The van der Waals surface area contributed by atoms with Crippen LogP contribution in [-0.4, -0.2) is 5.11 Å². The Labute approximate surface area is 93.6 Å². The first-order valence-electron chi connectivity index (χ1n) is 3.99. The Morgan fingerprint density at radius 2 is 1.94 bits per heavy atom. The molecule has 8 heteroatoms. The maximum absolute atomic E-state index is 13.1. The molecule has 0 saturated heterocycles. The number of thiocarbonyl (C=S) groups is 1. The summed E-state index contributed by atoms with van der Waals surface area (Å²) in [6.07, 6.45) is -4.54. The van der Waals surface area contributed by atoms with Crippen LogP contribution in [0.2, 0.25) is 0 Å². The van der Waals surface area contributed by atoms with E-state index in [1.807, 2.05) is 5.43 Å². The van der Waals surface area contributed by atoms with Gasteiger partial charge in [0.1, 0.15) is 5.82 Å². The van der Waals surface area contributed by atoms with Gasteiger partial charge in [-0.3, -0.25) is 0 Å². The van der Waals surface area contributed by atoms with Crippen LogP contribution in [0.5, 0.6) is 0 Å². The summed E-state index contributed by atoms with van der Waals surface area (Å²) < 4.78 is 50.0. The highest BCUT2D eigenvalue weighted by Crippen LogP contribution is 2.31. The van der Waals surface area contributed by atoms with Crippen LogP contribution in [0.1, 0.15) is 5.56 Å². The van der Waals surface area contributed by atoms with E-state index < -0.39 is 23.2 Å². The van der Waals surface area contributed by atoms with Gasteiger partial charge < -0.3 is 10.7 Å². The van der Waals surface area contributed by atoms with Crippen LogP contribution < -0.4 is 16.6 Å². The molecule has 1 rings (SSSR count). The van der Waals surface area contributed by atoms with Gasteiger partial charge in [-0.2, -0.15) is 13.2 Å². The van der Waals surface area contributed by atoms with E-state index >= 15 is 0 Å². The van der Waals surface area contributed by atoms with Gasteiger partial charge in [0.2, 0.25) is 0 Å². The highest BCUT2D eigenvalue weighted by atomic mass is 32.1. The summed E-state index contributed by atoms with van der Waals surface area (Å²) in [5.74, 6) is 4.04. The van der Waals surface area contributed by atoms with E-state index in [2.05, 4.69) is 17.5 Å². The van der Waals surface area contributed by atoms with Crippen LogP contribution in [0, 0.1) is 5.82 Å². The highest BCUT2D eigenvalue weighted by molar-refractivity contribution is 7.80. The van der Waals surface area contributed by atoms with Crippen molar-refractivity contribution in [2.24, 2.45) is 5.84 Å². The first-order valence-corrected chi connectivity index (χ1v) is 4.40. The molecular formula is C8H7F4N3S. The minimum absolute atomic E-state index is 0.182. The predicted molar refractivity (Wildman–Crippen MR) is 54.9 cm³/mol. The quantitative estimate of drug-likeness (QED) is 0.310. The number of anilines is 1. The summed E-state index contributed by atoms with van der Waals surface area (Å²) in [7, 11) is 0. The highest BCUT2D eigenvalue weighted by Gasteiger charge is 2.31. The monoisotopic (exact) mass is 253 g/mol. The van der Waals surface area contributed by atoms with Crippen molar-refractivity contribution in [2.45, 2.75) is 6.18 Å². The van der Waals surface area contributed by atoms with E-state index in [0.717, 1.165) is 0 Å². The fourth-order valence-electron chi connectivity index (χ4n) is 0.956. The molecule has 0 heterocycles. The topological polar surface area (TPSA) is 50.1 Å². The number of hydrazine groups is 1. The molecule has 1 aromatic carbocycles. The summed E-state index contributed by atoms with van der Waals surface area (Å²) in [5, 5.41) is 2.01. The second-order valence-corrected chi connectivity index (χ2v) is 3.20. The molecule has 16 heavy (non-hydrogen) atoms. The maximum Gasteiger partial charge on any atom is 0.416 e. The van der Waals surface area contributed by atoms with Gasteiger partial charge in [0.15, 0.2) is 5.11 Å². The Morgan fingerprint density at radius 3 is 2.44 bits per heavy atom.